The van der Waals surface area contributed by atoms with Crippen molar-refractivity contribution in [1.29, 1.82) is 0 Å². The number of aliphatic carboxylic acids is 1. The molecule has 0 atom stereocenters. The van der Waals surface area contributed by atoms with Gasteiger partial charge < -0.3 is 9.84 Å². The minimum absolute atomic E-state index is 0.170. The van der Waals surface area contributed by atoms with E-state index in [2.05, 4.69) is 6.07 Å². The van der Waals surface area contributed by atoms with Crippen LogP contribution in [0.25, 0.3) is 11.1 Å². The van der Waals surface area contributed by atoms with E-state index >= 15 is 0 Å². The highest BCUT2D eigenvalue weighted by atomic mass is 35.5. The summed E-state index contributed by atoms with van der Waals surface area (Å²) >= 11 is 6.19. The van der Waals surface area contributed by atoms with Gasteiger partial charge in [0.25, 0.3) is 10.0 Å². The molecule has 1 aliphatic carbocycles. The minimum atomic E-state index is -3.85. The first kappa shape index (κ1) is 25.6. The fourth-order valence-corrected chi connectivity index (χ4v) is 7.71. The Bertz CT molecular complexity index is 1480. The first-order valence-electron chi connectivity index (χ1n) is 12.5. The van der Waals surface area contributed by atoms with Crippen molar-refractivity contribution >= 4 is 33.3 Å². The fourth-order valence-electron chi connectivity index (χ4n) is 5.82. The lowest BCUT2D eigenvalue weighted by atomic mass is 9.70. The molecule has 5 rings (SSSR count). The third-order valence-corrected chi connectivity index (χ3v) is 9.67. The van der Waals surface area contributed by atoms with Gasteiger partial charge in [0, 0.05) is 17.0 Å². The number of hydrogen-bond acceptors (Lipinski definition) is 4. The van der Waals surface area contributed by atoms with Crippen LogP contribution < -0.4 is 9.04 Å². The third-order valence-electron chi connectivity index (χ3n) is 7.68. The normalized spacial score (nSPS) is 16.6. The summed E-state index contributed by atoms with van der Waals surface area (Å²) in [4.78, 5) is 11.0. The van der Waals surface area contributed by atoms with Crippen LogP contribution in [0.5, 0.6) is 5.75 Å². The Hall–Kier alpha value is -3.03. The Kier molecular flexibility index (Phi) is 6.71. The number of halogens is 1. The number of benzene rings is 3. The van der Waals surface area contributed by atoms with Crippen LogP contribution in [-0.4, -0.2) is 32.6 Å². The molecular weight excluding hydrogens is 510 g/mol. The molecule has 0 bridgehead atoms. The number of fused-ring (bicyclic) bond motifs is 2. The van der Waals surface area contributed by atoms with Gasteiger partial charge in [-0.05, 0) is 97.0 Å². The predicted molar refractivity (Wildman–Crippen MR) is 145 cm³/mol. The molecule has 1 spiro atoms. The zero-order valence-corrected chi connectivity index (χ0v) is 22.5. The van der Waals surface area contributed by atoms with Gasteiger partial charge in [-0.1, -0.05) is 43.0 Å². The maximum atomic E-state index is 14.0. The molecule has 0 saturated heterocycles. The van der Waals surface area contributed by atoms with E-state index in [0.717, 1.165) is 60.0 Å². The molecule has 0 aromatic heterocycles. The number of nitrogens with zero attached hydrogens (tertiary/aromatic N) is 1. The largest absolute Gasteiger partial charge is 0.482 e. The van der Waals surface area contributed by atoms with Gasteiger partial charge in [-0.25, -0.2) is 13.2 Å². The van der Waals surface area contributed by atoms with Gasteiger partial charge in [0.1, 0.15) is 5.75 Å². The third kappa shape index (κ3) is 4.71. The van der Waals surface area contributed by atoms with Crippen molar-refractivity contribution in [2.75, 3.05) is 17.5 Å². The molecule has 3 aromatic carbocycles. The van der Waals surface area contributed by atoms with Crippen LogP contribution >= 0.6 is 11.6 Å². The SMILES string of the molecule is Cc1cc(S(=O)(=O)N2CC3(CCCCC3)c3cc(-c4ccc(Cl)cc4C)ccc32)ccc1OCC(=O)O. The van der Waals surface area contributed by atoms with Crippen LogP contribution in [0.4, 0.5) is 5.69 Å². The number of anilines is 1. The molecule has 1 fully saturated rings. The van der Waals surface area contributed by atoms with E-state index in [-0.39, 0.29) is 10.3 Å². The van der Waals surface area contributed by atoms with Crippen LogP contribution in [0.3, 0.4) is 0 Å². The first-order valence-corrected chi connectivity index (χ1v) is 14.3. The highest BCUT2D eigenvalue weighted by Gasteiger charge is 2.47. The van der Waals surface area contributed by atoms with E-state index in [0.29, 0.717) is 22.9 Å². The van der Waals surface area contributed by atoms with E-state index in [1.807, 2.05) is 37.3 Å². The monoisotopic (exact) mass is 539 g/mol. The Morgan fingerprint density at radius 3 is 2.43 bits per heavy atom. The molecule has 2 aliphatic rings. The molecular formula is C29H30ClNO5S. The van der Waals surface area contributed by atoms with Gasteiger partial charge in [-0.2, -0.15) is 0 Å². The van der Waals surface area contributed by atoms with E-state index < -0.39 is 22.6 Å². The molecule has 0 amide bonds. The van der Waals surface area contributed by atoms with Crippen LogP contribution in [0.2, 0.25) is 5.02 Å². The number of ether oxygens (including phenoxy) is 1. The second kappa shape index (κ2) is 9.69. The molecule has 0 unspecified atom stereocenters. The van der Waals surface area contributed by atoms with Gasteiger partial charge in [0.15, 0.2) is 6.61 Å². The Labute approximate surface area is 222 Å². The topological polar surface area (TPSA) is 83.9 Å². The summed E-state index contributed by atoms with van der Waals surface area (Å²) in [5.74, 6) is -0.731. The lowest BCUT2D eigenvalue weighted by molar-refractivity contribution is -0.139. The van der Waals surface area contributed by atoms with Crippen molar-refractivity contribution in [1.82, 2.24) is 0 Å². The smallest absolute Gasteiger partial charge is 0.341 e. The lowest BCUT2D eigenvalue weighted by Crippen LogP contribution is -2.38. The standard InChI is InChI=1S/C29H30ClNO5S/c1-19-14-22(30)7-9-24(19)21-6-10-26-25(16-21)29(12-4-3-5-13-29)18-31(26)37(34,35)23-8-11-27(20(2)15-23)36-17-28(32)33/h6-11,14-16H,3-5,12-13,17-18H2,1-2H3,(H,32,33). The average molecular weight is 540 g/mol. The van der Waals surface area contributed by atoms with Crippen LogP contribution in [0.1, 0.15) is 48.8 Å². The average Bonchev–Trinajstić information content (AvgIpc) is 3.17. The van der Waals surface area contributed by atoms with Crippen molar-refractivity contribution in [3.05, 3.63) is 76.3 Å². The molecule has 1 heterocycles. The molecule has 194 valence electrons. The van der Waals surface area contributed by atoms with Crippen molar-refractivity contribution in [2.45, 2.75) is 56.3 Å². The van der Waals surface area contributed by atoms with Crippen molar-refractivity contribution in [3.8, 4) is 16.9 Å². The molecule has 0 radical (unpaired) electrons. The Morgan fingerprint density at radius 1 is 1.00 bits per heavy atom. The Balaban J connectivity index is 1.56. The molecule has 1 N–H and O–H groups in total. The van der Waals surface area contributed by atoms with Crippen LogP contribution in [0.15, 0.2) is 59.5 Å². The molecule has 8 heteroatoms. The molecule has 3 aromatic rings. The quantitative estimate of drug-likeness (QED) is 0.386. The van der Waals surface area contributed by atoms with E-state index in [1.165, 1.54) is 12.1 Å². The number of carboxylic acid groups (broad SMARTS) is 1. The summed E-state index contributed by atoms with van der Waals surface area (Å²) in [6.45, 7) is 3.69. The van der Waals surface area contributed by atoms with Crippen molar-refractivity contribution in [2.24, 2.45) is 0 Å². The molecule has 37 heavy (non-hydrogen) atoms. The molecule has 6 nitrogen and oxygen atoms in total. The fraction of sp³-hybridized carbons (Fsp3) is 0.345. The zero-order valence-electron chi connectivity index (χ0n) is 21.0. The highest BCUT2D eigenvalue weighted by molar-refractivity contribution is 7.92. The maximum absolute atomic E-state index is 14.0. The lowest BCUT2D eigenvalue weighted by Gasteiger charge is -2.34. The van der Waals surface area contributed by atoms with E-state index in [1.54, 1.807) is 17.3 Å². The number of hydrogen-bond donors (Lipinski definition) is 1. The van der Waals surface area contributed by atoms with Crippen molar-refractivity contribution < 1.29 is 23.1 Å². The second-order valence-corrected chi connectivity index (χ2v) is 12.5. The number of rotatable bonds is 6. The van der Waals surface area contributed by atoms with E-state index in [9.17, 15) is 13.2 Å². The predicted octanol–water partition coefficient (Wildman–Crippen LogP) is 6.50. The van der Waals surface area contributed by atoms with Crippen molar-refractivity contribution in [3.63, 3.8) is 0 Å². The summed E-state index contributed by atoms with van der Waals surface area (Å²) in [5, 5.41) is 9.59. The molecule has 1 saturated carbocycles. The first-order chi connectivity index (χ1) is 17.6. The van der Waals surface area contributed by atoms with Gasteiger partial charge in [0.2, 0.25) is 0 Å². The van der Waals surface area contributed by atoms with Gasteiger partial charge in [0.05, 0.1) is 10.6 Å². The summed E-state index contributed by atoms with van der Waals surface area (Å²) < 4.78 is 34.8. The highest BCUT2D eigenvalue weighted by Crippen LogP contribution is 2.52. The maximum Gasteiger partial charge on any atom is 0.341 e. The zero-order chi connectivity index (χ0) is 26.4. The second-order valence-electron chi connectivity index (χ2n) is 10.2. The number of carboxylic acids is 1. The van der Waals surface area contributed by atoms with Crippen LogP contribution in [0, 0.1) is 13.8 Å². The number of sulfonamides is 1. The van der Waals surface area contributed by atoms with Gasteiger partial charge in [-0.15, -0.1) is 0 Å². The summed E-state index contributed by atoms with van der Waals surface area (Å²) in [5.41, 5.74) is 5.43. The summed E-state index contributed by atoms with van der Waals surface area (Å²) in [6, 6.07) is 16.6. The van der Waals surface area contributed by atoms with Gasteiger partial charge >= 0.3 is 5.97 Å². The number of aryl methyl sites for hydroxylation is 2. The molecule has 1 aliphatic heterocycles. The van der Waals surface area contributed by atoms with Crippen LogP contribution in [-0.2, 0) is 20.2 Å². The van der Waals surface area contributed by atoms with Gasteiger partial charge in [-0.3, -0.25) is 4.31 Å². The number of carbonyl (C=O) groups is 1. The summed E-state index contributed by atoms with van der Waals surface area (Å²) in [7, 11) is -3.85. The Morgan fingerprint density at radius 2 is 1.76 bits per heavy atom. The summed E-state index contributed by atoms with van der Waals surface area (Å²) in [6.07, 6.45) is 5.22. The minimum Gasteiger partial charge on any atom is -0.482 e. The van der Waals surface area contributed by atoms with E-state index in [4.69, 9.17) is 21.4 Å².